The summed E-state index contributed by atoms with van der Waals surface area (Å²) in [6.45, 7) is 6.61. The van der Waals surface area contributed by atoms with Gasteiger partial charge in [0.05, 0.1) is 14.2 Å². The fraction of sp³-hybridized carbons (Fsp3) is 0.647. The van der Waals surface area contributed by atoms with Crippen molar-refractivity contribution in [2.45, 2.75) is 32.2 Å². The van der Waals surface area contributed by atoms with Gasteiger partial charge in [-0.3, -0.25) is 4.90 Å². The van der Waals surface area contributed by atoms with E-state index in [-0.39, 0.29) is 0 Å². The minimum Gasteiger partial charge on any atom is -0.497 e. The number of piperazine rings is 1. The quantitative estimate of drug-likeness (QED) is 0.838. The first kappa shape index (κ1) is 16.1. The van der Waals surface area contributed by atoms with E-state index in [2.05, 4.69) is 29.3 Å². The minimum absolute atomic E-state index is 0.455. The maximum absolute atomic E-state index is 5.43. The molecule has 1 heterocycles. The van der Waals surface area contributed by atoms with Crippen molar-refractivity contribution in [1.29, 1.82) is 0 Å². The molecule has 1 aliphatic rings. The molecule has 1 aromatic carbocycles. The van der Waals surface area contributed by atoms with E-state index >= 15 is 0 Å². The van der Waals surface area contributed by atoms with Crippen molar-refractivity contribution in [3.63, 3.8) is 0 Å². The van der Waals surface area contributed by atoms with E-state index < -0.39 is 0 Å². The molecule has 2 rings (SSSR count). The van der Waals surface area contributed by atoms with Crippen LogP contribution >= 0.6 is 0 Å². The maximum atomic E-state index is 5.43. The zero-order valence-electron chi connectivity index (χ0n) is 13.5. The Balaban J connectivity index is 2.25. The summed E-state index contributed by atoms with van der Waals surface area (Å²) < 4.78 is 10.9. The topological polar surface area (TPSA) is 33.7 Å². The van der Waals surface area contributed by atoms with Gasteiger partial charge in [0.25, 0.3) is 0 Å². The Kier molecular flexibility index (Phi) is 6.33. The molecule has 0 aromatic heterocycles. The lowest BCUT2D eigenvalue weighted by molar-refractivity contribution is 0.162. The van der Waals surface area contributed by atoms with Crippen LogP contribution in [0.15, 0.2) is 18.2 Å². The van der Waals surface area contributed by atoms with Gasteiger partial charge < -0.3 is 14.8 Å². The lowest BCUT2D eigenvalue weighted by Crippen LogP contribution is -2.45. The van der Waals surface area contributed by atoms with Gasteiger partial charge >= 0.3 is 0 Å². The molecule has 1 saturated heterocycles. The van der Waals surface area contributed by atoms with Crippen molar-refractivity contribution in [3.05, 3.63) is 23.8 Å². The Morgan fingerprint density at radius 2 is 1.71 bits per heavy atom. The SMILES string of the molecule is CCCC[C@H](c1cc(OC)cc(OC)c1)N1CCNCC1. The number of nitrogens with one attached hydrogen (secondary N) is 1. The summed E-state index contributed by atoms with van der Waals surface area (Å²) in [7, 11) is 3.43. The average Bonchev–Trinajstić information content (AvgIpc) is 2.55. The van der Waals surface area contributed by atoms with Crippen LogP contribution in [0.2, 0.25) is 0 Å². The Hall–Kier alpha value is -1.26. The van der Waals surface area contributed by atoms with Gasteiger partial charge in [-0.25, -0.2) is 0 Å². The molecule has 1 N–H and O–H groups in total. The molecule has 21 heavy (non-hydrogen) atoms. The van der Waals surface area contributed by atoms with Gasteiger partial charge in [-0.2, -0.15) is 0 Å². The lowest BCUT2D eigenvalue weighted by atomic mass is 9.98. The lowest BCUT2D eigenvalue weighted by Gasteiger charge is -2.35. The molecule has 1 aliphatic heterocycles. The van der Waals surface area contributed by atoms with Crippen LogP contribution in [0.3, 0.4) is 0 Å². The van der Waals surface area contributed by atoms with Crippen molar-refractivity contribution in [1.82, 2.24) is 10.2 Å². The fourth-order valence-corrected chi connectivity index (χ4v) is 2.97. The van der Waals surface area contributed by atoms with Crippen molar-refractivity contribution >= 4 is 0 Å². The Labute approximate surface area is 128 Å². The molecule has 118 valence electrons. The molecule has 0 saturated carbocycles. The number of ether oxygens (including phenoxy) is 2. The molecule has 4 nitrogen and oxygen atoms in total. The van der Waals surface area contributed by atoms with E-state index in [1.807, 2.05) is 6.07 Å². The Bertz CT molecular complexity index is 409. The molecule has 4 heteroatoms. The third-order valence-corrected chi connectivity index (χ3v) is 4.18. The summed E-state index contributed by atoms with van der Waals surface area (Å²) >= 11 is 0. The first-order valence-electron chi connectivity index (χ1n) is 7.96. The van der Waals surface area contributed by atoms with Crippen LogP contribution in [0.25, 0.3) is 0 Å². The van der Waals surface area contributed by atoms with Crippen LogP contribution in [0, 0.1) is 0 Å². The number of hydrogen-bond acceptors (Lipinski definition) is 4. The second-order valence-corrected chi connectivity index (χ2v) is 5.59. The highest BCUT2D eigenvalue weighted by atomic mass is 16.5. The molecule has 1 fully saturated rings. The molecule has 0 amide bonds. The number of benzene rings is 1. The molecule has 0 spiro atoms. The van der Waals surface area contributed by atoms with Crippen LogP contribution in [-0.2, 0) is 0 Å². The first-order valence-corrected chi connectivity index (χ1v) is 7.96. The van der Waals surface area contributed by atoms with E-state index in [0.717, 1.165) is 37.7 Å². The highest BCUT2D eigenvalue weighted by Crippen LogP contribution is 2.32. The van der Waals surface area contributed by atoms with Crippen molar-refractivity contribution in [3.8, 4) is 11.5 Å². The summed E-state index contributed by atoms with van der Waals surface area (Å²) in [5, 5.41) is 3.43. The normalized spacial score (nSPS) is 17.5. The van der Waals surface area contributed by atoms with Gasteiger partial charge in [0.1, 0.15) is 11.5 Å². The number of nitrogens with zero attached hydrogens (tertiary/aromatic N) is 1. The zero-order valence-corrected chi connectivity index (χ0v) is 13.5. The van der Waals surface area contributed by atoms with E-state index in [1.165, 1.54) is 24.8 Å². The summed E-state index contributed by atoms with van der Waals surface area (Å²) in [6, 6.07) is 6.71. The average molecular weight is 292 g/mol. The van der Waals surface area contributed by atoms with Crippen LogP contribution in [0.4, 0.5) is 0 Å². The third-order valence-electron chi connectivity index (χ3n) is 4.18. The molecule has 0 bridgehead atoms. The summed E-state index contributed by atoms with van der Waals surface area (Å²) in [4.78, 5) is 2.58. The van der Waals surface area contributed by atoms with E-state index in [4.69, 9.17) is 9.47 Å². The first-order chi connectivity index (χ1) is 10.3. The largest absolute Gasteiger partial charge is 0.497 e. The number of hydrogen-bond donors (Lipinski definition) is 1. The van der Waals surface area contributed by atoms with Crippen LogP contribution in [0.5, 0.6) is 11.5 Å². The highest BCUT2D eigenvalue weighted by molar-refractivity contribution is 5.40. The predicted molar refractivity (Wildman–Crippen MR) is 86.3 cm³/mol. The Morgan fingerprint density at radius 3 is 2.24 bits per heavy atom. The molecule has 0 radical (unpaired) electrons. The molecule has 0 aliphatic carbocycles. The summed E-state index contributed by atoms with van der Waals surface area (Å²) in [5.41, 5.74) is 1.31. The number of methoxy groups -OCH3 is 2. The Morgan fingerprint density at radius 1 is 1.10 bits per heavy atom. The van der Waals surface area contributed by atoms with E-state index in [9.17, 15) is 0 Å². The molecule has 0 unspecified atom stereocenters. The molecule has 1 aromatic rings. The maximum Gasteiger partial charge on any atom is 0.122 e. The highest BCUT2D eigenvalue weighted by Gasteiger charge is 2.22. The van der Waals surface area contributed by atoms with E-state index in [1.54, 1.807) is 14.2 Å². The minimum atomic E-state index is 0.455. The van der Waals surface area contributed by atoms with Crippen molar-refractivity contribution in [2.24, 2.45) is 0 Å². The van der Waals surface area contributed by atoms with Gasteiger partial charge in [0.2, 0.25) is 0 Å². The van der Waals surface area contributed by atoms with Crippen molar-refractivity contribution in [2.75, 3.05) is 40.4 Å². The summed E-state index contributed by atoms with van der Waals surface area (Å²) in [6.07, 6.45) is 3.66. The van der Waals surface area contributed by atoms with Gasteiger partial charge in [-0.15, -0.1) is 0 Å². The second-order valence-electron chi connectivity index (χ2n) is 5.59. The fourth-order valence-electron chi connectivity index (χ4n) is 2.97. The standard InChI is InChI=1S/C17H28N2O2/c1-4-5-6-17(19-9-7-18-8-10-19)14-11-15(20-2)13-16(12-14)21-3/h11-13,17-18H,4-10H2,1-3H3/t17-/m1/s1. The van der Waals surface area contributed by atoms with Gasteiger partial charge in [0, 0.05) is 38.3 Å². The van der Waals surface area contributed by atoms with Crippen LogP contribution < -0.4 is 14.8 Å². The van der Waals surface area contributed by atoms with Crippen molar-refractivity contribution < 1.29 is 9.47 Å². The summed E-state index contributed by atoms with van der Waals surface area (Å²) in [5.74, 6) is 1.75. The number of rotatable bonds is 7. The smallest absolute Gasteiger partial charge is 0.122 e. The molecular weight excluding hydrogens is 264 g/mol. The van der Waals surface area contributed by atoms with Gasteiger partial charge in [-0.1, -0.05) is 19.8 Å². The number of unbranched alkanes of at least 4 members (excludes halogenated alkanes) is 1. The molecular formula is C17H28N2O2. The van der Waals surface area contributed by atoms with Gasteiger partial charge in [0.15, 0.2) is 0 Å². The van der Waals surface area contributed by atoms with Gasteiger partial charge in [-0.05, 0) is 24.1 Å². The van der Waals surface area contributed by atoms with E-state index in [0.29, 0.717) is 6.04 Å². The third kappa shape index (κ3) is 4.35. The van der Waals surface area contributed by atoms with Crippen LogP contribution in [0.1, 0.15) is 37.8 Å². The monoisotopic (exact) mass is 292 g/mol. The van der Waals surface area contributed by atoms with Crippen LogP contribution in [-0.4, -0.2) is 45.3 Å². The predicted octanol–water partition coefficient (Wildman–Crippen LogP) is 2.84. The zero-order chi connectivity index (χ0) is 15.1. The second kappa shape index (κ2) is 8.25. The molecule has 1 atom stereocenters.